The molecule has 4 nitrogen and oxygen atoms in total. The Kier molecular flexibility index (Phi) is 4.43. The summed E-state index contributed by atoms with van der Waals surface area (Å²) in [4.78, 5) is 14.1. The fraction of sp³-hybridized carbons (Fsp3) is 0.429. The van der Waals surface area contributed by atoms with Gasteiger partial charge < -0.3 is 10.2 Å². The highest BCUT2D eigenvalue weighted by Gasteiger charge is 2.23. The summed E-state index contributed by atoms with van der Waals surface area (Å²) in [6.45, 7) is 3.59. The number of amides is 1. The van der Waals surface area contributed by atoms with Crippen molar-refractivity contribution in [2.45, 2.75) is 25.8 Å². The molecule has 1 N–H and O–H groups in total. The smallest absolute Gasteiger partial charge is 0.244 e. The van der Waals surface area contributed by atoms with Crippen molar-refractivity contribution in [3.63, 3.8) is 0 Å². The Morgan fingerprint density at radius 1 is 1.47 bits per heavy atom. The molecule has 1 aliphatic rings. The van der Waals surface area contributed by atoms with Crippen molar-refractivity contribution in [2.75, 3.05) is 18.4 Å². The molecular weight excluding hydrogens is 306 g/mol. The Hall–Kier alpha value is -1.54. The molecule has 100 valence electrons. The highest BCUT2D eigenvalue weighted by molar-refractivity contribution is 9.10. The molecule has 1 unspecified atom stereocenters. The monoisotopic (exact) mass is 321 g/mol. The molecule has 1 saturated heterocycles. The second-order valence-electron chi connectivity index (χ2n) is 4.70. The van der Waals surface area contributed by atoms with Crippen molar-refractivity contribution in [3.05, 3.63) is 28.2 Å². The molecule has 0 aliphatic carbocycles. The van der Waals surface area contributed by atoms with Gasteiger partial charge in [0, 0.05) is 23.2 Å². The lowest BCUT2D eigenvalue weighted by Crippen LogP contribution is -2.39. The fourth-order valence-corrected chi connectivity index (χ4v) is 2.69. The maximum absolute atomic E-state index is 12.2. The van der Waals surface area contributed by atoms with Crippen LogP contribution in [0.3, 0.4) is 0 Å². The number of nitrogens with zero attached hydrogens (tertiary/aromatic N) is 2. The molecule has 0 saturated carbocycles. The number of halogens is 1. The normalized spacial score (nSPS) is 15.9. The van der Waals surface area contributed by atoms with Gasteiger partial charge in [0.15, 0.2) is 0 Å². The molecule has 5 heteroatoms. The lowest BCUT2D eigenvalue weighted by atomic mass is 10.2. The first-order valence-electron chi connectivity index (χ1n) is 6.37. The summed E-state index contributed by atoms with van der Waals surface area (Å²) in [5, 5.41) is 12.0. The number of hydrogen-bond acceptors (Lipinski definition) is 3. The number of hydrogen-bond donors (Lipinski definition) is 1. The van der Waals surface area contributed by atoms with Crippen molar-refractivity contribution in [1.82, 2.24) is 4.90 Å². The quantitative estimate of drug-likeness (QED) is 0.931. The zero-order chi connectivity index (χ0) is 13.8. The summed E-state index contributed by atoms with van der Waals surface area (Å²) >= 11 is 3.34. The van der Waals surface area contributed by atoms with Crippen LogP contribution in [-0.2, 0) is 4.79 Å². The van der Waals surface area contributed by atoms with E-state index < -0.39 is 0 Å². The first-order chi connectivity index (χ1) is 9.11. The van der Waals surface area contributed by atoms with E-state index >= 15 is 0 Å². The van der Waals surface area contributed by atoms with E-state index in [0.29, 0.717) is 5.56 Å². The molecule has 0 spiro atoms. The van der Waals surface area contributed by atoms with Crippen LogP contribution in [0.4, 0.5) is 5.69 Å². The second-order valence-corrected chi connectivity index (χ2v) is 5.56. The van der Waals surface area contributed by atoms with Crippen LogP contribution >= 0.6 is 15.9 Å². The Balaban J connectivity index is 2.02. The molecule has 2 rings (SSSR count). The molecule has 1 heterocycles. The van der Waals surface area contributed by atoms with E-state index in [0.717, 1.165) is 36.1 Å². The largest absolute Gasteiger partial charge is 0.374 e. The number of nitriles is 1. The number of nitrogens with one attached hydrogen (secondary N) is 1. The van der Waals surface area contributed by atoms with Crippen LogP contribution in [0.25, 0.3) is 0 Å². The van der Waals surface area contributed by atoms with E-state index in [1.807, 2.05) is 24.0 Å². The molecule has 1 aliphatic heterocycles. The molecule has 1 amide bonds. The van der Waals surface area contributed by atoms with Gasteiger partial charge in [-0.15, -0.1) is 0 Å². The number of rotatable bonds is 3. The van der Waals surface area contributed by atoms with Crippen molar-refractivity contribution in [3.8, 4) is 6.07 Å². The third-order valence-corrected chi connectivity index (χ3v) is 3.92. The molecule has 0 bridgehead atoms. The van der Waals surface area contributed by atoms with Gasteiger partial charge in [-0.3, -0.25) is 4.79 Å². The van der Waals surface area contributed by atoms with Gasteiger partial charge in [-0.2, -0.15) is 5.26 Å². The summed E-state index contributed by atoms with van der Waals surface area (Å²) in [5.41, 5.74) is 1.43. The van der Waals surface area contributed by atoms with Gasteiger partial charge >= 0.3 is 0 Å². The molecule has 1 atom stereocenters. The second kappa shape index (κ2) is 6.07. The average Bonchev–Trinajstić information content (AvgIpc) is 2.92. The number of likely N-dealkylation sites (tertiary alicyclic amines) is 1. The van der Waals surface area contributed by atoms with Gasteiger partial charge in [0.05, 0.1) is 5.56 Å². The highest BCUT2D eigenvalue weighted by Crippen LogP contribution is 2.21. The third-order valence-electron chi connectivity index (χ3n) is 3.26. The Morgan fingerprint density at radius 2 is 2.16 bits per heavy atom. The number of carbonyl (C=O) groups excluding carboxylic acids is 1. The first-order valence-corrected chi connectivity index (χ1v) is 7.16. The van der Waals surface area contributed by atoms with Crippen LogP contribution in [0.5, 0.6) is 0 Å². The predicted octanol–water partition coefficient (Wildman–Crippen LogP) is 2.74. The van der Waals surface area contributed by atoms with E-state index in [1.165, 1.54) is 0 Å². The third kappa shape index (κ3) is 3.27. The van der Waals surface area contributed by atoms with Crippen LogP contribution < -0.4 is 5.32 Å². The summed E-state index contributed by atoms with van der Waals surface area (Å²) in [6.07, 6.45) is 2.20. The van der Waals surface area contributed by atoms with Crippen molar-refractivity contribution < 1.29 is 4.79 Å². The van der Waals surface area contributed by atoms with E-state index in [1.54, 1.807) is 6.07 Å². The minimum Gasteiger partial charge on any atom is -0.374 e. The van der Waals surface area contributed by atoms with Gasteiger partial charge in [-0.25, -0.2) is 0 Å². The zero-order valence-electron chi connectivity index (χ0n) is 10.8. The predicted molar refractivity (Wildman–Crippen MR) is 77.8 cm³/mol. The lowest BCUT2D eigenvalue weighted by Gasteiger charge is -2.22. The molecular formula is C14H16BrN3O. The van der Waals surface area contributed by atoms with Crippen molar-refractivity contribution in [1.29, 1.82) is 5.26 Å². The van der Waals surface area contributed by atoms with Gasteiger partial charge in [-0.1, -0.05) is 0 Å². The number of carbonyl (C=O) groups is 1. The first kappa shape index (κ1) is 13.9. The summed E-state index contributed by atoms with van der Waals surface area (Å²) < 4.78 is 0.737. The molecule has 1 fully saturated rings. The standard InChI is InChI=1S/C14H16BrN3O/c1-10(14(19)18-6-2-3-7-18)17-12-5-4-11(9-16)13(15)8-12/h4-5,8,10,17H,2-3,6-7H2,1H3. The van der Waals surface area contributed by atoms with Crippen molar-refractivity contribution >= 4 is 27.5 Å². The van der Waals surface area contributed by atoms with Crippen LogP contribution in [0.1, 0.15) is 25.3 Å². The van der Waals surface area contributed by atoms with Gasteiger partial charge in [0.2, 0.25) is 5.91 Å². The summed E-state index contributed by atoms with van der Waals surface area (Å²) in [7, 11) is 0. The zero-order valence-corrected chi connectivity index (χ0v) is 12.4. The summed E-state index contributed by atoms with van der Waals surface area (Å²) in [5.74, 6) is 0.137. The highest BCUT2D eigenvalue weighted by atomic mass is 79.9. The van der Waals surface area contributed by atoms with Crippen molar-refractivity contribution in [2.24, 2.45) is 0 Å². The molecule has 1 aromatic rings. The topological polar surface area (TPSA) is 56.1 Å². The molecule has 19 heavy (non-hydrogen) atoms. The van der Waals surface area contributed by atoms with Gasteiger partial charge in [0.1, 0.15) is 12.1 Å². The number of benzene rings is 1. The maximum atomic E-state index is 12.2. The van der Waals surface area contributed by atoms with E-state index in [9.17, 15) is 4.79 Å². The number of anilines is 1. The minimum atomic E-state index is -0.252. The Bertz CT molecular complexity index is 518. The Morgan fingerprint density at radius 3 is 2.74 bits per heavy atom. The minimum absolute atomic E-state index is 0.137. The van der Waals surface area contributed by atoms with E-state index in [-0.39, 0.29) is 11.9 Å². The fourth-order valence-electron chi connectivity index (χ4n) is 2.22. The van der Waals surface area contributed by atoms with Gasteiger partial charge in [0.25, 0.3) is 0 Å². The molecule has 0 aromatic heterocycles. The lowest BCUT2D eigenvalue weighted by molar-refractivity contribution is -0.130. The summed E-state index contributed by atoms with van der Waals surface area (Å²) in [6, 6.07) is 7.22. The van der Waals surface area contributed by atoms with Gasteiger partial charge in [-0.05, 0) is 53.9 Å². The van der Waals surface area contributed by atoms with E-state index in [4.69, 9.17) is 5.26 Å². The Labute approximate surface area is 121 Å². The van der Waals surface area contributed by atoms with Crippen LogP contribution in [0.15, 0.2) is 22.7 Å². The van der Waals surface area contributed by atoms with Crippen LogP contribution in [0, 0.1) is 11.3 Å². The SMILES string of the molecule is CC(Nc1ccc(C#N)c(Br)c1)C(=O)N1CCCC1. The molecule has 0 radical (unpaired) electrons. The van der Waals surface area contributed by atoms with Crippen LogP contribution in [-0.4, -0.2) is 29.9 Å². The van der Waals surface area contributed by atoms with Crippen LogP contribution in [0.2, 0.25) is 0 Å². The average molecular weight is 322 g/mol. The molecule has 1 aromatic carbocycles. The maximum Gasteiger partial charge on any atom is 0.244 e. The van der Waals surface area contributed by atoms with E-state index in [2.05, 4.69) is 27.3 Å².